The first kappa shape index (κ1) is 15.0. The van der Waals surface area contributed by atoms with Crippen LogP contribution in [0.3, 0.4) is 0 Å². The van der Waals surface area contributed by atoms with Gasteiger partial charge in [0.1, 0.15) is 0 Å². The van der Waals surface area contributed by atoms with Crippen LogP contribution in [-0.2, 0) is 9.59 Å². The van der Waals surface area contributed by atoms with Crippen LogP contribution in [0.5, 0.6) is 0 Å². The second-order valence-corrected chi connectivity index (χ2v) is 5.67. The lowest BCUT2D eigenvalue weighted by Crippen LogP contribution is -2.51. The molecular formula is C14H18BrN3O2. The van der Waals surface area contributed by atoms with Crippen molar-refractivity contribution in [3.63, 3.8) is 0 Å². The summed E-state index contributed by atoms with van der Waals surface area (Å²) in [5, 5.41) is 5.65. The Labute approximate surface area is 126 Å². The molecule has 6 heteroatoms. The molecule has 108 valence electrons. The molecule has 0 aromatic heterocycles. The first-order valence-electron chi connectivity index (χ1n) is 6.61. The van der Waals surface area contributed by atoms with E-state index in [1.54, 1.807) is 4.90 Å². The maximum Gasteiger partial charge on any atom is 0.246 e. The Morgan fingerprint density at radius 1 is 1.35 bits per heavy atom. The standard InChI is InChI=1S/C14H18BrN3O2/c1-3-16-9(2)10-4-5-12(11(15)6-10)18-7-13(19)17-14(20)8-18/h4-6,9,16H,3,7-8H2,1-2H3,(H,17,19,20). The number of benzene rings is 1. The van der Waals surface area contributed by atoms with Crippen molar-refractivity contribution < 1.29 is 9.59 Å². The highest BCUT2D eigenvalue weighted by molar-refractivity contribution is 9.10. The highest BCUT2D eigenvalue weighted by Gasteiger charge is 2.24. The van der Waals surface area contributed by atoms with Crippen molar-refractivity contribution in [3.05, 3.63) is 28.2 Å². The second kappa shape index (κ2) is 6.37. The summed E-state index contributed by atoms with van der Waals surface area (Å²) in [7, 11) is 0. The minimum Gasteiger partial charge on any atom is -0.352 e. The van der Waals surface area contributed by atoms with Crippen molar-refractivity contribution in [3.8, 4) is 0 Å². The molecule has 1 saturated heterocycles. The van der Waals surface area contributed by atoms with E-state index >= 15 is 0 Å². The third-order valence-electron chi connectivity index (χ3n) is 3.27. The summed E-state index contributed by atoms with van der Waals surface area (Å²) in [4.78, 5) is 24.6. The van der Waals surface area contributed by atoms with E-state index in [2.05, 4.69) is 40.4 Å². The fraction of sp³-hybridized carbons (Fsp3) is 0.429. The smallest absolute Gasteiger partial charge is 0.246 e. The predicted molar refractivity (Wildman–Crippen MR) is 81.6 cm³/mol. The van der Waals surface area contributed by atoms with Crippen LogP contribution in [0.1, 0.15) is 25.5 Å². The van der Waals surface area contributed by atoms with Gasteiger partial charge in [0, 0.05) is 10.5 Å². The highest BCUT2D eigenvalue weighted by Crippen LogP contribution is 2.29. The van der Waals surface area contributed by atoms with Crippen LogP contribution in [0.25, 0.3) is 0 Å². The Bertz CT molecular complexity index is 517. The second-order valence-electron chi connectivity index (χ2n) is 4.82. The molecule has 2 N–H and O–H groups in total. The minimum atomic E-state index is -0.266. The van der Waals surface area contributed by atoms with Crippen molar-refractivity contribution >= 4 is 33.4 Å². The van der Waals surface area contributed by atoms with Gasteiger partial charge >= 0.3 is 0 Å². The number of hydrogen-bond donors (Lipinski definition) is 2. The number of imide groups is 1. The lowest BCUT2D eigenvalue weighted by molar-refractivity contribution is -0.130. The molecule has 1 atom stereocenters. The summed E-state index contributed by atoms with van der Waals surface area (Å²) in [5.41, 5.74) is 2.02. The number of hydrogen-bond acceptors (Lipinski definition) is 4. The lowest BCUT2D eigenvalue weighted by atomic mass is 10.1. The number of piperazine rings is 1. The monoisotopic (exact) mass is 339 g/mol. The van der Waals surface area contributed by atoms with Gasteiger partial charge in [-0.25, -0.2) is 0 Å². The van der Waals surface area contributed by atoms with E-state index in [1.165, 1.54) is 0 Å². The number of anilines is 1. The number of nitrogens with zero attached hydrogens (tertiary/aromatic N) is 1. The zero-order valence-corrected chi connectivity index (χ0v) is 13.2. The molecule has 20 heavy (non-hydrogen) atoms. The average molecular weight is 340 g/mol. The molecule has 0 radical (unpaired) electrons. The van der Waals surface area contributed by atoms with Crippen molar-refractivity contribution in [2.45, 2.75) is 19.9 Å². The molecule has 5 nitrogen and oxygen atoms in total. The molecule has 1 aromatic rings. The first-order valence-corrected chi connectivity index (χ1v) is 7.41. The number of halogens is 1. The quantitative estimate of drug-likeness (QED) is 0.817. The van der Waals surface area contributed by atoms with Crippen LogP contribution in [-0.4, -0.2) is 31.4 Å². The molecule has 0 aliphatic carbocycles. The fourth-order valence-electron chi connectivity index (χ4n) is 2.28. The Hall–Kier alpha value is -1.40. The highest BCUT2D eigenvalue weighted by atomic mass is 79.9. The third kappa shape index (κ3) is 3.37. The maximum atomic E-state index is 11.4. The average Bonchev–Trinajstić information content (AvgIpc) is 2.37. The lowest BCUT2D eigenvalue weighted by Gasteiger charge is -2.28. The zero-order valence-electron chi connectivity index (χ0n) is 11.6. The van der Waals surface area contributed by atoms with E-state index in [-0.39, 0.29) is 30.9 Å². The number of amides is 2. The molecule has 1 aliphatic heterocycles. The summed E-state index contributed by atoms with van der Waals surface area (Å²) in [6.45, 7) is 5.47. The molecule has 2 amide bonds. The minimum absolute atomic E-state index is 0.201. The Balaban J connectivity index is 2.21. The summed E-state index contributed by atoms with van der Waals surface area (Å²) >= 11 is 3.53. The molecule has 1 aliphatic rings. The number of carbonyl (C=O) groups is 2. The SMILES string of the molecule is CCNC(C)c1ccc(N2CC(=O)NC(=O)C2)c(Br)c1. The number of carbonyl (C=O) groups excluding carboxylic acids is 2. The van der Waals surface area contributed by atoms with Gasteiger partial charge in [0.05, 0.1) is 18.8 Å². The fourth-order valence-corrected chi connectivity index (χ4v) is 2.93. The molecule has 2 rings (SSSR count). The maximum absolute atomic E-state index is 11.4. The summed E-state index contributed by atoms with van der Waals surface area (Å²) in [6.07, 6.45) is 0. The number of rotatable bonds is 4. The van der Waals surface area contributed by atoms with E-state index in [0.29, 0.717) is 0 Å². The van der Waals surface area contributed by atoms with Crippen molar-refractivity contribution in [1.29, 1.82) is 0 Å². The molecule has 1 unspecified atom stereocenters. The Morgan fingerprint density at radius 2 is 2.00 bits per heavy atom. The van der Waals surface area contributed by atoms with E-state index in [4.69, 9.17) is 0 Å². The molecule has 0 saturated carbocycles. The third-order valence-corrected chi connectivity index (χ3v) is 3.91. The van der Waals surface area contributed by atoms with Crippen LogP contribution < -0.4 is 15.5 Å². The van der Waals surface area contributed by atoms with Gasteiger partial charge in [-0.3, -0.25) is 14.9 Å². The number of nitrogens with one attached hydrogen (secondary N) is 2. The van der Waals surface area contributed by atoms with Gasteiger partial charge in [-0.2, -0.15) is 0 Å². The predicted octanol–water partition coefficient (Wildman–Crippen LogP) is 1.58. The van der Waals surface area contributed by atoms with Gasteiger partial charge in [-0.15, -0.1) is 0 Å². The largest absolute Gasteiger partial charge is 0.352 e. The molecule has 1 fully saturated rings. The van der Waals surface area contributed by atoms with Gasteiger partial charge in [0.15, 0.2) is 0 Å². The van der Waals surface area contributed by atoms with Gasteiger partial charge in [0.25, 0.3) is 0 Å². The van der Waals surface area contributed by atoms with Crippen molar-refractivity contribution in [2.75, 3.05) is 24.5 Å². The topological polar surface area (TPSA) is 61.4 Å². The van der Waals surface area contributed by atoms with Gasteiger partial charge < -0.3 is 10.2 Å². The summed E-state index contributed by atoms with van der Waals surface area (Å²) in [6, 6.07) is 6.25. The van der Waals surface area contributed by atoms with Crippen molar-refractivity contribution in [1.82, 2.24) is 10.6 Å². The van der Waals surface area contributed by atoms with Crippen LogP contribution in [0.4, 0.5) is 5.69 Å². The summed E-state index contributed by atoms with van der Waals surface area (Å²) < 4.78 is 0.891. The molecule has 1 aromatic carbocycles. The van der Waals surface area contributed by atoms with Crippen LogP contribution >= 0.6 is 15.9 Å². The van der Waals surface area contributed by atoms with E-state index in [1.807, 2.05) is 18.2 Å². The normalized spacial score (nSPS) is 17.1. The molecule has 0 bridgehead atoms. The van der Waals surface area contributed by atoms with E-state index in [9.17, 15) is 9.59 Å². The van der Waals surface area contributed by atoms with Crippen LogP contribution in [0.2, 0.25) is 0 Å². The van der Waals surface area contributed by atoms with Gasteiger partial charge in [-0.05, 0) is 47.1 Å². The van der Waals surface area contributed by atoms with Gasteiger partial charge in [-0.1, -0.05) is 13.0 Å². The molecular weight excluding hydrogens is 322 g/mol. The molecule has 1 heterocycles. The van der Waals surface area contributed by atoms with Crippen LogP contribution in [0.15, 0.2) is 22.7 Å². The Kier molecular flexibility index (Phi) is 4.77. The zero-order chi connectivity index (χ0) is 14.7. The van der Waals surface area contributed by atoms with Crippen molar-refractivity contribution in [2.24, 2.45) is 0 Å². The van der Waals surface area contributed by atoms with E-state index < -0.39 is 0 Å². The molecule has 0 spiro atoms. The van der Waals surface area contributed by atoms with Crippen LogP contribution in [0, 0.1) is 0 Å². The Morgan fingerprint density at radius 3 is 2.55 bits per heavy atom. The van der Waals surface area contributed by atoms with E-state index in [0.717, 1.165) is 22.3 Å². The summed E-state index contributed by atoms with van der Waals surface area (Å²) in [5.74, 6) is -0.531. The first-order chi connectivity index (χ1) is 9.51. The van der Waals surface area contributed by atoms with Gasteiger partial charge in [0.2, 0.25) is 11.8 Å².